The summed E-state index contributed by atoms with van der Waals surface area (Å²) < 4.78 is 4.96. The van der Waals surface area contributed by atoms with Crippen LogP contribution in [0.25, 0.3) is 0 Å². The highest BCUT2D eigenvalue weighted by molar-refractivity contribution is 5.72. The van der Waals surface area contributed by atoms with Crippen molar-refractivity contribution >= 4 is 5.97 Å². The maximum Gasteiger partial charge on any atom is 0.308 e. The highest BCUT2D eigenvalue weighted by atomic mass is 16.5. The van der Waals surface area contributed by atoms with Crippen molar-refractivity contribution in [2.75, 3.05) is 7.11 Å². The summed E-state index contributed by atoms with van der Waals surface area (Å²) in [6.07, 6.45) is 4.68. The van der Waals surface area contributed by atoms with Crippen LogP contribution in [0.2, 0.25) is 0 Å². The lowest BCUT2D eigenvalue weighted by atomic mass is 9.93. The second kappa shape index (κ2) is 9.04. The van der Waals surface area contributed by atoms with E-state index in [1.807, 2.05) is 24.3 Å². The molecule has 22 heavy (non-hydrogen) atoms. The lowest BCUT2D eigenvalue weighted by molar-refractivity contribution is -0.145. The molecule has 1 atom stereocenters. The number of carbonyl (C=O) groups is 1. The number of hydrogen-bond donors (Lipinski definition) is 0. The predicted molar refractivity (Wildman–Crippen MR) is 89.6 cm³/mol. The third-order valence-electron chi connectivity index (χ3n) is 4.02. The molecule has 0 saturated carbocycles. The van der Waals surface area contributed by atoms with Crippen LogP contribution >= 0.6 is 0 Å². The third-order valence-corrected chi connectivity index (χ3v) is 4.02. The first-order valence-electron chi connectivity index (χ1n) is 7.95. The predicted octanol–water partition coefficient (Wildman–Crippen LogP) is 4.43. The second-order valence-electron chi connectivity index (χ2n) is 5.62. The molecule has 0 aliphatic carbocycles. The smallest absolute Gasteiger partial charge is 0.308 e. The van der Waals surface area contributed by atoms with E-state index in [1.165, 1.54) is 18.2 Å². The Labute approximate surface area is 133 Å². The van der Waals surface area contributed by atoms with E-state index in [2.05, 4.69) is 36.4 Å². The lowest BCUT2D eigenvalue weighted by Gasteiger charge is -2.14. The van der Waals surface area contributed by atoms with Gasteiger partial charge in [0.05, 0.1) is 13.0 Å². The van der Waals surface area contributed by atoms with Crippen LogP contribution < -0.4 is 0 Å². The van der Waals surface area contributed by atoms with E-state index in [-0.39, 0.29) is 11.9 Å². The van der Waals surface area contributed by atoms with Crippen LogP contribution in [0.15, 0.2) is 60.7 Å². The topological polar surface area (TPSA) is 26.3 Å². The van der Waals surface area contributed by atoms with Gasteiger partial charge in [0.2, 0.25) is 0 Å². The van der Waals surface area contributed by atoms with Crippen molar-refractivity contribution in [2.24, 2.45) is 5.92 Å². The van der Waals surface area contributed by atoms with Crippen LogP contribution in [0.3, 0.4) is 0 Å². The number of aryl methyl sites for hydroxylation is 2. The number of methoxy groups -OCH3 is 1. The Kier molecular flexibility index (Phi) is 6.69. The molecule has 2 rings (SSSR count). The maximum atomic E-state index is 12.0. The molecule has 2 nitrogen and oxygen atoms in total. The van der Waals surface area contributed by atoms with Gasteiger partial charge in [0, 0.05) is 0 Å². The van der Waals surface area contributed by atoms with Gasteiger partial charge in [-0.25, -0.2) is 0 Å². The summed E-state index contributed by atoms with van der Waals surface area (Å²) in [6.45, 7) is 0. The normalized spacial score (nSPS) is 11.9. The van der Waals surface area contributed by atoms with Gasteiger partial charge in [-0.15, -0.1) is 0 Å². The maximum absolute atomic E-state index is 12.0. The zero-order chi connectivity index (χ0) is 15.6. The summed E-state index contributed by atoms with van der Waals surface area (Å²) in [4.78, 5) is 12.0. The van der Waals surface area contributed by atoms with Gasteiger partial charge in [0.15, 0.2) is 0 Å². The summed E-state index contributed by atoms with van der Waals surface area (Å²) in [5, 5.41) is 0. The highest BCUT2D eigenvalue weighted by Crippen LogP contribution is 2.18. The molecule has 2 aromatic rings. The average Bonchev–Trinajstić information content (AvgIpc) is 2.59. The molecule has 0 saturated heterocycles. The van der Waals surface area contributed by atoms with E-state index in [9.17, 15) is 4.79 Å². The molecular formula is C20H24O2. The molecule has 0 heterocycles. The quantitative estimate of drug-likeness (QED) is 0.674. The molecule has 0 aromatic heterocycles. The fraction of sp³-hybridized carbons (Fsp3) is 0.350. The minimum Gasteiger partial charge on any atom is -0.469 e. The monoisotopic (exact) mass is 296 g/mol. The van der Waals surface area contributed by atoms with Crippen molar-refractivity contribution in [1.82, 2.24) is 0 Å². The zero-order valence-electron chi connectivity index (χ0n) is 13.2. The Balaban J connectivity index is 1.82. The van der Waals surface area contributed by atoms with Crippen molar-refractivity contribution in [1.29, 1.82) is 0 Å². The van der Waals surface area contributed by atoms with E-state index < -0.39 is 0 Å². The molecule has 2 heteroatoms. The summed E-state index contributed by atoms with van der Waals surface area (Å²) >= 11 is 0. The van der Waals surface area contributed by atoms with Crippen molar-refractivity contribution in [3.05, 3.63) is 71.8 Å². The second-order valence-corrected chi connectivity index (χ2v) is 5.62. The number of esters is 1. The van der Waals surface area contributed by atoms with Crippen LogP contribution in [-0.4, -0.2) is 13.1 Å². The van der Waals surface area contributed by atoms with Crippen LogP contribution in [0.4, 0.5) is 0 Å². The van der Waals surface area contributed by atoms with Gasteiger partial charge in [-0.05, 0) is 43.2 Å². The number of rotatable bonds is 8. The van der Waals surface area contributed by atoms with Gasteiger partial charge in [0.25, 0.3) is 0 Å². The van der Waals surface area contributed by atoms with Crippen molar-refractivity contribution < 1.29 is 9.53 Å². The van der Waals surface area contributed by atoms with Crippen molar-refractivity contribution in [3.8, 4) is 0 Å². The minimum absolute atomic E-state index is 0.00563. The molecule has 0 bridgehead atoms. The van der Waals surface area contributed by atoms with Crippen LogP contribution in [-0.2, 0) is 22.4 Å². The van der Waals surface area contributed by atoms with Gasteiger partial charge in [0.1, 0.15) is 0 Å². The standard InChI is InChI=1S/C20H24O2/c1-22-20(21)19(16-15-18-11-6-3-7-12-18)14-8-13-17-9-4-2-5-10-17/h2-7,9-12,19H,8,13-16H2,1H3. The van der Waals surface area contributed by atoms with Crippen molar-refractivity contribution in [2.45, 2.75) is 32.1 Å². The molecule has 0 N–H and O–H groups in total. The molecule has 116 valence electrons. The third kappa shape index (κ3) is 5.36. The number of hydrogen-bond acceptors (Lipinski definition) is 2. The molecule has 0 aliphatic rings. The van der Waals surface area contributed by atoms with Gasteiger partial charge in [-0.3, -0.25) is 4.79 Å². The van der Waals surface area contributed by atoms with Gasteiger partial charge in [-0.1, -0.05) is 60.7 Å². The molecule has 0 radical (unpaired) electrons. The van der Waals surface area contributed by atoms with Gasteiger partial charge >= 0.3 is 5.97 Å². The number of carbonyl (C=O) groups excluding carboxylic acids is 1. The van der Waals surface area contributed by atoms with E-state index in [0.717, 1.165) is 32.1 Å². The Morgan fingerprint density at radius 1 is 0.864 bits per heavy atom. The first-order chi connectivity index (χ1) is 10.8. The largest absolute Gasteiger partial charge is 0.469 e. The Hall–Kier alpha value is -2.09. The van der Waals surface area contributed by atoms with Crippen molar-refractivity contribution in [3.63, 3.8) is 0 Å². The fourth-order valence-electron chi connectivity index (χ4n) is 2.73. The Bertz CT molecular complexity index is 548. The van der Waals surface area contributed by atoms with Gasteiger partial charge in [-0.2, -0.15) is 0 Å². The van der Waals surface area contributed by atoms with E-state index >= 15 is 0 Å². The summed E-state index contributed by atoms with van der Waals surface area (Å²) in [7, 11) is 1.48. The van der Waals surface area contributed by atoms with Crippen LogP contribution in [0, 0.1) is 5.92 Å². The summed E-state index contributed by atoms with van der Waals surface area (Å²) in [5.41, 5.74) is 2.61. The lowest BCUT2D eigenvalue weighted by Crippen LogP contribution is -2.17. The highest BCUT2D eigenvalue weighted by Gasteiger charge is 2.18. The van der Waals surface area contributed by atoms with Crippen LogP contribution in [0.1, 0.15) is 30.4 Å². The molecular weight excluding hydrogens is 272 g/mol. The van der Waals surface area contributed by atoms with E-state index in [1.54, 1.807) is 0 Å². The number of benzene rings is 2. The molecule has 0 amide bonds. The van der Waals surface area contributed by atoms with Crippen LogP contribution in [0.5, 0.6) is 0 Å². The fourth-order valence-corrected chi connectivity index (χ4v) is 2.73. The summed E-state index contributed by atoms with van der Waals surface area (Å²) in [6, 6.07) is 20.7. The summed E-state index contributed by atoms with van der Waals surface area (Å²) in [5.74, 6) is -0.0853. The molecule has 0 aliphatic heterocycles. The Morgan fingerprint density at radius 3 is 1.95 bits per heavy atom. The first-order valence-corrected chi connectivity index (χ1v) is 7.95. The van der Waals surface area contributed by atoms with E-state index in [0.29, 0.717) is 0 Å². The Morgan fingerprint density at radius 2 is 1.41 bits per heavy atom. The number of ether oxygens (including phenoxy) is 1. The average molecular weight is 296 g/mol. The van der Waals surface area contributed by atoms with Gasteiger partial charge < -0.3 is 4.74 Å². The van der Waals surface area contributed by atoms with E-state index in [4.69, 9.17) is 4.74 Å². The first kappa shape index (κ1) is 16.3. The molecule has 1 unspecified atom stereocenters. The molecule has 0 fully saturated rings. The SMILES string of the molecule is COC(=O)C(CCCc1ccccc1)CCc1ccccc1. The minimum atomic E-state index is -0.0796. The molecule has 2 aromatic carbocycles. The zero-order valence-corrected chi connectivity index (χ0v) is 13.2. The molecule has 0 spiro atoms.